The fourth-order valence-electron chi connectivity index (χ4n) is 2.50. The second-order valence-corrected chi connectivity index (χ2v) is 6.02. The minimum Gasteiger partial charge on any atom is -0.462 e. The molecule has 1 heterocycles. The van der Waals surface area contributed by atoms with Gasteiger partial charge in [-0.05, 0) is 69.7 Å². The summed E-state index contributed by atoms with van der Waals surface area (Å²) in [5, 5.41) is 7.40. The van der Waals surface area contributed by atoms with Crippen LogP contribution in [0.3, 0.4) is 0 Å². The van der Waals surface area contributed by atoms with Crippen molar-refractivity contribution in [3.05, 3.63) is 52.6 Å². The molecule has 0 atom stereocenters. The zero-order chi connectivity index (χ0) is 19.3. The van der Waals surface area contributed by atoms with Crippen LogP contribution in [0.1, 0.15) is 41.2 Å². The zero-order valence-electron chi connectivity index (χ0n) is 15.1. The predicted molar refractivity (Wildman–Crippen MR) is 104 cm³/mol. The minimum absolute atomic E-state index is 0.266. The van der Waals surface area contributed by atoms with Crippen molar-refractivity contribution in [1.29, 1.82) is 0 Å². The lowest BCUT2D eigenvalue weighted by Gasteiger charge is -2.08. The van der Waals surface area contributed by atoms with Crippen LogP contribution in [0.5, 0.6) is 0 Å². The van der Waals surface area contributed by atoms with Crippen molar-refractivity contribution in [1.82, 2.24) is 10.4 Å². The number of benzene rings is 1. The lowest BCUT2D eigenvalue weighted by Crippen LogP contribution is -2.25. The van der Waals surface area contributed by atoms with Crippen LogP contribution >= 0.6 is 12.2 Å². The maximum atomic E-state index is 12.9. The van der Waals surface area contributed by atoms with Crippen LogP contribution in [0, 0.1) is 19.7 Å². The Morgan fingerprint density at radius 3 is 2.58 bits per heavy atom. The number of hydrogen-bond acceptors (Lipinski definition) is 4. The van der Waals surface area contributed by atoms with Crippen LogP contribution in [0.25, 0.3) is 0 Å². The second kappa shape index (κ2) is 8.57. The summed E-state index contributed by atoms with van der Waals surface area (Å²) in [4.78, 5) is 15.2. The molecule has 8 heteroatoms. The molecular weight excluding hydrogens is 355 g/mol. The first-order chi connectivity index (χ1) is 12.3. The predicted octanol–water partition coefficient (Wildman–Crippen LogP) is 3.66. The lowest BCUT2D eigenvalue weighted by molar-refractivity contribution is 0.0525. The highest BCUT2D eigenvalue weighted by Gasteiger charge is 2.20. The van der Waals surface area contributed by atoms with Gasteiger partial charge in [0.1, 0.15) is 5.82 Å². The van der Waals surface area contributed by atoms with Gasteiger partial charge in [-0.1, -0.05) is 0 Å². The molecular formula is C18H21FN4O2S. The number of H-pyrrole nitrogens is 1. The number of hydrazone groups is 1. The smallest absolute Gasteiger partial charge is 0.340 e. The van der Waals surface area contributed by atoms with Gasteiger partial charge >= 0.3 is 5.97 Å². The van der Waals surface area contributed by atoms with E-state index in [1.165, 1.54) is 12.1 Å². The summed E-state index contributed by atoms with van der Waals surface area (Å²) in [7, 11) is 0. The summed E-state index contributed by atoms with van der Waals surface area (Å²) >= 11 is 5.17. The highest BCUT2D eigenvalue weighted by atomic mass is 32.1. The number of hydrogen-bond donors (Lipinski definition) is 3. The van der Waals surface area contributed by atoms with Crippen LogP contribution in [0.15, 0.2) is 29.4 Å². The van der Waals surface area contributed by atoms with Gasteiger partial charge in [0.2, 0.25) is 0 Å². The molecule has 3 N–H and O–H groups in total. The van der Waals surface area contributed by atoms with E-state index in [0.29, 0.717) is 23.6 Å². The van der Waals surface area contributed by atoms with Crippen molar-refractivity contribution in [2.45, 2.75) is 27.7 Å². The van der Waals surface area contributed by atoms with Gasteiger partial charge in [0.25, 0.3) is 0 Å². The molecule has 0 aliphatic carbocycles. The number of thiocarbonyl (C=S) groups is 1. The SMILES string of the molecule is CCOC(=O)c1c(C)[nH]c(/C(C)=N/NC(=S)Nc2ccc(F)cc2)c1C. The molecule has 26 heavy (non-hydrogen) atoms. The molecule has 0 aliphatic heterocycles. The molecule has 1 aromatic carbocycles. The summed E-state index contributed by atoms with van der Waals surface area (Å²) in [5.41, 5.74) is 6.74. The van der Waals surface area contributed by atoms with E-state index in [9.17, 15) is 9.18 Å². The number of aromatic amines is 1. The zero-order valence-corrected chi connectivity index (χ0v) is 15.9. The molecule has 1 aromatic heterocycles. The summed E-state index contributed by atoms with van der Waals surface area (Å²) in [6.45, 7) is 7.52. The number of nitrogens with one attached hydrogen (secondary N) is 3. The number of aryl methyl sites for hydroxylation is 1. The van der Waals surface area contributed by atoms with Crippen LogP contribution in [0.2, 0.25) is 0 Å². The van der Waals surface area contributed by atoms with Gasteiger partial charge in [0.15, 0.2) is 5.11 Å². The van der Waals surface area contributed by atoms with Crippen LogP contribution < -0.4 is 10.7 Å². The third-order valence-corrected chi connectivity index (χ3v) is 3.90. The molecule has 0 unspecified atom stereocenters. The molecule has 2 rings (SSSR count). The number of nitrogens with zero attached hydrogens (tertiary/aromatic N) is 1. The number of ether oxygens (including phenoxy) is 1. The average molecular weight is 376 g/mol. The molecule has 0 saturated heterocycles. The highest BCUT2D eigenvalue weighted by Crippen LogP contribution is 2.19. The molecule has 0 bridgehead atoms. The van der Waals surface area contributed by atoms with E-state index >= 15 is 0 Å². The molecule has 6 nitrogen and oxygen atoms in total. The fraction of sp³-hybridized carbons (Fsp3) is 0.278. The Kier molecular flexibility index (Phi) is 6.46. The molecule has 2 aromatic rings. The number of carbonyl (C=O) groups excluding carboxylic acids is 1. The first kappa shape index (κ1) is 19.6. The van der Waals surface area contributed by atoms with Crippen molar-refractivity contribution in [2.24, 2.45) is 5.10 Å². The van der Waals surface area contributed by atoms with E-state index in [2.05, 4.69) is 20.8 Å². The summed E-state index contributed by atoms with van der Waals surface area (Å²) in [5.74, 6) is -0.683. The van der Waals surface area contributed by atoms with Gasteiger partial charge in [0, 0.05) is 11.4 Å². The Hall–Kier alpha value is -2.74. The molecule has 0 radical (unpaired) electrons. The summed E-state index contributed by atoms with van der Waals surface area (Å²) in [6, 6.07) is 5.82. The van der Waals surface area contributed by atoms with E-state index in [-0.39, 0.29) is 16.9 Å². The van der Waals surface area contributed by atoms with Crippen LogP contribution in [-0.4, -0.2) is 28.4 Å². The topological polar surface area (TPSA) is 78.5 Å². The lowest BCUT2D eigenvalue weighted by atomic mass is 10.1. The van der Waals surface area contributed by atoms with Gasteiger partial charge < -0.3 is 15.0 Å². The number of anilines is 1. The Morgan fingerprint density at radius 1 is 1.31 bits per heavy atom. The third kappa shape index (κ3) is 4.66. The van der Waals surface area contributed by atoms with E-state index in [1.807, 2.05) is 13.8 Å². The van der Waals surface area contributed by atoms with Gasteiger partial charge in [0.05, 0.1) is 23.6 Å². The largest absolute Gasteiger partial charge is 0.462 e. The maximum Gasteiger partial charge on any atom is 0.340 e. The number of halogens is 1. The fourth-order valence-corrected chi connectivity index (χ4v) is 2.67. The Labute approximate surface area is 156 Å². The quantitative estimate of drug-likeness (QED) is 0.321. The summed E-state index contributed by atoms with van der Waals surface area (Å²) in [6.07, 6.45) is 0. The van der Waals surface area contributed by atoms with Gasteiger partial charge in [-0.3, -0.25) is 5.43 Å². The molecule has 138 valence electrons. The first-order valence-electron chi connectivity index (χ1n) is 8.07. The van der Waals surface area contributed by atoms with Gasteiger partial charge in [-0.25, -0.2) is 9.18 Å². The molecule has 0 fully saturated rings. The minimum atomic E-state index is -0.362. The van der Waals surface area contributed by atoms with Crippen molar-refractivity contribution in [2.75, 3.05) is 11.9 Å². The van der Waals surface area contributed by atoms with Crippen LogP contribution in [-0.2, 0) is 4.74 Å². The van der Waals surface area contributed by atoms with Gasteiger partial charge in [-0.15, -0.1) is 0 Å². The molecule has 0 aliphatic rings. The maximum absolute atomic E-state index is 12.9. The third-order valence-electron chi connectivity index (χ3n) is 3.71. The number of esters is 1. The monoisotopic (exact) mass is 376 g/mol. The van der Waals surface area contributed by atoms with E-state index < -0.39 is 0 Å². The number of rotatable bonds is 5. The summed E-state index contributed by atoms with van der Waals surface area (Å²) < 4.78 is 18.0. The highest BCUT2D eigenvalue weighted by molar-refractivity contribution is 7.80. The average Bonchev–Trinajstić information content (AvgIpc) is 2.89. The van der Waals surface area contributed by atoms with Crippen molar-refractivity contribution < 1.29 is 13.9 Å². The van der Waals surface area contributed by atoms with Crippen molar-refractivity contribution in [3.8, 4) is 0 Å². The normalized spacial score (nSPS) is 11.2. The Morgan fingerprint density at radius 2 is 1.96 bits per heavy atom. The molecule has 0 spiro atoms. The standard InChI is InChI=1S/C18H21FN4O2S/c1-5-25-17(24)15-10(2)16(20-11(15)3)12(4)22-23-18(26)21-14-8-6-13(19)7-9-14/h6-9,20H,5H2,1-4H3,(H2,21,23,26)/b22-12+. The molecule has 0 saturated carbocycles. The Bertz CT molecular complexity index is 844. The molecule has 0 amide bonds. The van der Waals surface area contributed by atoms with Crippen molar-refractivity contribution in [3.63, 3.8) is 0 Å². The Balaban J connectivity index is 2.09. The van der Waals surface area contributed by atoms with Crippen molar-refractivity contribution >= 4 is 34.7 Å². The van der Waals surface area contributed by atoms with E-state index in [0.717, 1.165) is 17.0 Å². The van der Waals surface area contributed by atoms with E-state index in [4.69, 9.17) is 17.0 Å². The van der Waals surface area contributed by atoms with Crippen LogP contribution in [0.4, 0.5) is 10.1 Å². The van der Waals surface area contributed by atoms with E-state index in [1.54, 1.807) is 26.0 Å². The number of carbonyl (C=O) groups is 1. The second-order valence-electron chi connectivity index (χ2n) is 5.62. The number of aromatic nitrogens is 1. The first-order valence-corrected chi connectivity index (χ1v) is 8.47. The van der Waals surface area contributed by atoms with Gasteiger partial charge in [-0.2, -0.15) is 5.10 Å².